The Hall–Kier alpha value is -0.650. The van der Waals surface area contributed by atoms with Gasteiger partial charge in [-0.2, -0.15) is 0 Å². The van der Waals surface area contributed by atoms with E-state index in [2.05, 4.69) is 10.2 Å². The van der Waals surface area contributed by atoms with Crippen LogP contribution < -0.4 is 5.32 Å². The van der Waals surface area contributed by atoms with Crippen LogP contribution in [0, 0.1) is 0 Å². The number of likely N-dealkylation sites (tertiary alicyclic amines) is 1. The Labute approximate surface area is 102 Å². The van der Waals surface area contributed by atoms with Gasteiger partial charge in [0.15, 0.2) is 0 Å². The number of nitrogens with zero attached hydrogens (tertiary/aromatic N) is 1. The maximum absolute atomic E-state index is 11.5. The number of rotatable bonds is 4. The summed E-state index contributed by atoms with van der Waals surface area (Å²) >= 11 is 0. The molecule has 2 aliphatic heterocycles. The molecule has 2 saturated heterocycles. The van der Waals surface area contributed by atoms with Crippen molar-refractivity contribution in [2.75, 3.05) is 33.3 Å². The Morgan fingerprint density at radius 3 is 2.76 bits per heavy atom. The van der Waals surface area contributed by atoms with Crippen LogP contribution in [-0.4, -0.2) is 60.9 Å². The second kappa shape index (κ2) is 5.33. The molecule has 2 aliphatic rings. The number of carbonyl (C=O) groups is 1. The van der Waals surface area contributed by atoms with Crippen LogP contribution >= 0.6 is 0 Å². The van der Waals surface area contributed by atoms with Gasteiger partial charge in [-0.05, 0) is 32.7 Å². The van der Waals surface area contributed by atoms with Gasteiger partial charge in [0.25, 0.3) is 0 Å². The van der Waals surface area contributed by atoms with Crippen molar-refractivity contribution in [2.24, 2.45) is 0 Å². The normalized spacial score (nSPS) is 29.4. The fraction of sp³-hybridized carbons (Fsp3) is 0.917. The summed E-state index contributed by atoms with van der Waals surface area (Å²) in [7, 11) is 2.03. The summed E-state index contributed by atoms with van der Waals surface area (Å²) in [6, 6.07) is 0. The number of aliphatic carboxylic acids is 1. The monoisotopic (exact) mass is 242 g/mol. The third-order valence-corrected chi connectivity index (χ3v) is 3.94. The molecule has 0 amide bonds. The summed E-state index contributed by atoms with van der Waals surface area (Å²) < 4.78 is 5.52. The van der Waals surface area contributed by atoms with Crippen LogP contribution in [0.15, 0.2) is 0 Å². The van der Waals surface area contributed by atoms with Gasteiger partial charge in [0.2, 0.25) is 0 Å². The van der Waals surface area contributed by atoms with E-state index in [0.29, 0.717) is 19.4 Å². The first kappa shape index (κ1) is 12.8. The molecule has 0 aliphatic carbocycles. The van der Waals surface area contributed by atoms with Crippen molar-refractivity contribution < 1.29 is 14.6 Å². The lowest BCUT2D eigenvalue weighted by Gasteiger charge is -2.38. The fourth-order valence-electron chi connectivity index (χ4n) is 2.58. The van der Waals surface area contributed by atoms with E-state index in [4.69, 9.17) is 4.74 Å². The number of nitrogens with one attached hydrogen (secondary N) is 1. The van der Waals surface area contributed by atoms with Gasteiger partial charge in [0.05, 0.1) is 6.10 Å². The summed E-state index contributed by atoms with van der Waals surface area (Å²) in [5.41, 5.74) is -0.738. The minimum Gasteiger partial charge on any atom is -0.480 e. The number of carboxylic acid groups (broad SMARTS) is 1. The molecule has 5 nitrogen and oxygen atoms in total. The third kappa shape index (κ3) is 2.97. The number of carboxylic acids is 1. The second-order valence-corrected chi connectivity index (χ2v) is 5.21. The molecule has 2 rings (SSSR count). The van der Waals surface area contributed by atoms with Crippen molar-refractivity contribution in [2.45, 2.75) is 37.3 Å². The topological polar surface area (TPSA) is 61.8 Å². The van der Waals surface area contributed by atoms with Crippen LogP contribution in [-0.2, 0) is 9.53 Å². The van der Waals surface area contributed by atoms with Gasteiger partial charge in [-0.15, -0.1) is 0 Å². The van der Waals surface area contributed by atoms with E-state index in [1.54, 1.807) is 0 Å². The first-order valence-corrected chi connectivity index (χ1v) is 6.41. The first-order chi connectivity index (χ1) is 8.12. The molecule has 0 aromatic rings. The largest absolute Gasteiger partial charge is 0.480 e. The number of hydrogen-bond donors (Lipinski definition) is 2. The van der Waals surface area contributed by atoms with E-state index in [0.717, 1.165) is 32.5 Å². The van der Waals surface area contributed by atoms with Crippen LogP contribution in [0.4, 0.5) is 0 Å². The van der Waals surface area contributed by atoms with E-state index < -0.39 is 11.5 Å². The Bertz CT molecular complexity index is 269. The predicted molar refractivity (Wildman–Crippen MR) is 64.1 cm³/mol. The smallest absolute Gasteiger partial charge is 0.323 e. The molecular weight excluding hydrogens is 220 g/mol. The summed E-state index contributed by atoms with van der Waals surface area (Å²) in [5.74, 6) is -0.719. The van der Waals surface area contributed by atoms with Gasteiger partial charge >= 0.3 is 5.97 Å². The maximum Gasteiger partial charge on any atom is 0.323 e. The molecule has 0 aromatic heterocycles. The predicted octanol–water partition coefficient (Wildman–Crippen LogP) is 0.304. The van der Waals surface area contributed by atoms with Crippen LogP contribution in [0.5, 0.6) is 0 Å². The van der Waals surface area contributed by atoms with Crippen molar-refractivity contribution in [1.82, 2.24) is 10.2 Å². The highest BCUT2D eigenvalue weighted by molar-refractivity contribution is 5.79. The molecule has 98 valence electrons. The second-order valence-electron chi connectivity index (χ2n) is 5.21. The molecule has 2 heterocycles. The standard InChI is InChI=1S/C12H22N2O3/c1-14-6-4-12(5-7-14,11(15)16)13-9-10-3-2-8-17-10/h10,13H,2-9H2,1H3,(H,15,16). The molecule has 1 atom stereocenters. The van der Waals surface area contributed by atoms with E-state index in [1.807, 2.05) is 7.05 Å². The van der Waals surface area contributed by atoms with E-state index in [-0.39, 0.29) is 6.10 Å². The van der Waals surface area contributed by atoms with E-state index in [9.17, 15) is 9.90 Å². The molecule has 5 heteroatoms. The molecule has 0 bridgehead atoms. The molecule has 0 saturated carbocycles. The van der Waals surface area contributed by atoms with Gasteiger partial charge in [-0.25, -0.2) is 0 Å². The minimum atomic E-state index is -0.738. The van der Waals surface area contributed by atoms with Crippen LogP contribution in [0.25, 0.3) is 0 Å². The average Bonchev–Trinajstić information content (AvgIpc) is 2.81. The van der Waals surface area contributed by atoms with Gasteiger partial charge in [0, 0.05) is 26.2 Å². The van der Waals surface area contributed by atoms with Crippen molar-refractivity contribution in [3.63, 3.8) is 0 Å². The average molecular weight is 242 g/mol. The molecule has 0 spiro atoms. The molecule has 2 fully saturated rings. The van der Waals surface area contributed by atoms with Crippen molar-refractivity contribution in [3.8, 4) is 0 Å². The number of hydrogen-bond acceptors (Lipinski definition) is 4. The molecule has 17 heavy (non-hydrogen) atoms. The molecule has 0 radical (unpaired) electrons. The Kier molecular flexibility index (Phi) is 4.01. The van der Waals surface area contributed by atoms with Gasteiger partial charge < -0.3 is 14.7 Å². The lowest BCUT2D eigenvalue weighted by atomic mass is 9.87. The van der Waals surface area contributed by atoms with Crippen molar-refractivity contribution in [3.05, 3.63) is 0 Å². The maximum atomic E-state index is 11.5. The third-order valence-electron chi connectivity index (χ3n) is 3.94. The molecule has 2 N–H and O–H groups in total. The van der Waals surface area contributed by atoms with E-state index >= 15 is 0 Å². The van der Waals surface area contributed by atoms with Gasteiger partial charge in [0.1, 0.15) is 5.54 Å². The zero-order chi connectivity index (χ0) is 12.3. The van der Waals surface area contributed by atoms with Crippen LogP contribution in [0.3, 0.4) is 0 Å². The number of ether oxygens (including phenoxy) is 1. The summed E-state index contributed by atoms with van der Waals surface area (Å²) in [5, 5.41) is 12.7. The summed E-state index contributed by atoms with van der Waals surface area (Å²) in [6.07, 6.45) is 3.68. The SMILES string of the molecule is CN1CCC(NCC2CCCO2)(C(=O)O)CC1. The lowest BCUT2D eigenvalue weighted by Crippen LogP contribution is -2.59. The van der Waals surface area contributed by atoms with Crippen molar-refractivity contribution >= 4 is 5.97 Å². The minimum absolute atomic E-state index is 0.200. The van der Waals surface area contributed by atoms with Crippen molar-refractivity contribution in [1.29, 1.82) is 0 Å². The zero-order valence-corrected chi connectivity index (χ0v) is 10.4. The summed E-state index contributed by atoms with van der Waals surface area (Å²) in [6.45, 7) is 3.15. The Morgan fingerprint density at radius 1 is 1.53 bits per heavy atom. The van der Waals surface area contributed by atoms with E-state index in [1.165, 1.54) is 0 Å². The first-order valence-electron chi connectivity index (χ1n) is 6.41. The Balaban J connectivity index is 1.89. The lowest BCUT2D eigenvalue weighted by molar-refractivity contribution is -0.147. The molecule has 1 unspecified atom stereocenters. The quantitative estimate of drug-likeness (QED) is 0.742. The van der Waals surface area contributed by atoms with Crippen LogP contribution in [0.2, 0.25) is 0 Å². The fourth-order valence-corrected chi connectivity index (χ4v) is 2.58. The highest BCUT2D eigenvalue weighted by Gasteiger charge is 2.41. The highest BCUT2D eigenvalue weighted by Crippen LogP contribution is 2.23. The summed E-state index contributed by atoms with van der Waals surface area (Å²) in [4.78, 5) is 13.6. The Morgan fingerprint density at radius 2 is 2.24 bits per heavy atom. The zero-order valence-electron chi connectivity index (χ0n) is 10.4. The van der Waals surface area contributed by atoms with Gasteiger partial charge in [-0.3, -0.25) is 10.1 Å². The highest BCUT2D eigenvalue weighted by atomic mass is 16.5. The molecule has 0 aromatic carbocycles. The van der Waals surface area contributed by atoms with Gasteiger partial charge in [-0.1, -0.05) is 0 Å². The number of piperidine rings is 1. The van der Waals surface area contributed by atoms with Crippen LogP contribution in [0.1, 0.15) is 25.7 Å². The molecular formula is C12H22N2O3.